The quantitative estimate of drug-likeness (QED) is 0.900. The monoisotopic (exact) mass is 283 g/mol. The normalized spacial score (nSPS) is 16.8. The zero-order valence-corrected chi connectivity index (χ0v) is 11.0. The van der Waals surface area contributed by atoms with E-state index in [1.165, 1.54) is 25.7 Å². The van der Waals surface area contributed by atoms with Crippen molar-refractivity contribution in [1.82, 2.24) is 15.1 Å². The molecule has 1 saturated carbocycles. The van der Waals surface area contributed by atoms with E-state index in [0.717, 1.165) is 23.3 Å². The molecule has 1 aromatic heterocycles. The molecule has 4 heteroatoms. The van der Waals surface area contributed by atoms with E-state index in [-0.39, 0.29) is 0 Å². The first-order valence-electron chi connectivity index (χ1n) is 5.84. The molecule has 16 heavy (non-hydrogen) atoms. The fourth-order valence-electron chi connectivity index (χ4n) is 2.17. The van der Waals surface area contributed by atoms with Gasteiger partial charge in [-0.2, -0.15) is 5.10 Å². The molecule has 0 aliphatic heterocycles. The first-order chi connectivity index (χ1) is 7.75. The van der Waals surface area contributed by atoms with Crippen molar-refractivity contribution >= 4 is 15.9 Å². The van der Waals surface area contributed by atoms with E-state index < -0.39 is 0 Å². The summed E-state index contributed by atoms with van der Waals surface area (Å²) in [6, 6.07) is 2.74. The van der Waals surface area contributed by atoms with Gasteiger partial charge in [0.05, 0.1) is 11.7 Å². The van der Waals surface area contributed by atoms with Crippen LogP contribution in [0.5, 0.6) is 0 Å². The summed E-state index contributed by atoms with van der Waals surface area (Å²) < 4.78 is 3.11. The number of hydrogen-bond acceptors (Lipinski definition) is 2. The lowest BCUT2D eigenvalue weighted by Crippen LogP contribution is -2.15. The Morgan fingerprint density at radius 3 is 3.00 bits per heavy atom. The Bertz CT molecular complexity index is 353. The van der Waals surface area contributed by atoms with Crippen LogP contribution in [0.25, 0.3) is 0 Å². The minimum atomic E-state index is 0.639. The lowest BCUT2D eigenvalue weighted by atomic mass is 10.3. The molecule has 1 heterocycles. The maximum absolute atomic E-state index is 4.60. The second-order valence-corrected chi connectivity index (χ2v) is 5.47. The van der Waals surface area contributed by atoms with Crippen molar-refractivity contribution < 1.29 is 0 Å². The van der Waals surface area contributed by atoms with E-state index in [0.29, 0.717) is 6.04 Å². The number of nitrogens with zero attached hydrogens (tertiary/aromatic N) is 2. The molecule has 1 fully saturated rings. The van der Waals surface area contributed by atoms with Crippen molar-refractivity contribution in [2.75, 3.05) is 6.54 Å². The van der Waals surface area contributed by atoms with Gasteiger partial charge in [0.2, 0.25) is 0 Å². The van der Waals surface area contributed by atoms with E-state index in [9.17, 15) is 0 Å². The summed E-state index contributed by atoms with van der Waals surface area (Å²) in [5, 5.41) is 7.88. The molecular formula is C12H18BrN3. The smallest absolute Gasteiger partial charge is 0.0762 e. The van der Waals surface area contributed by atoms with Crippen LogP contribution in [0.1, 0.15) is 37.4 Å². The number of nitrogens with one attached hydrogen (secondary N) is 1. The summed E-state index contributed by atoms with van der Waals surface area (Å²) in [6.45, 7) is 5.38. The maximum atomic E-state index is 4.60. The molecule has 0 bridgehead atoms. The van der Waals surface area contributed by atoms with Crippen LogP contribution in [0.2, 0.25) is 0 Å². The van der Waals surface area contributed by atoms with E-state index in [2.05, 4.69) is 49.9 Å². The average molecular weight is 284 g/mol. The highest BCUT2D eigenvalue weighted by atomic mass is 79.9. The van der Waals surface area contributed by atoms with Gasteiger partial charge in [-0.05, 0) is 18.9 Å². The van der Waals surface area contributed by atoms with Crippen molar-refractivity contribution in [3.05, 3.63) is 29.0 Å². The molecule has 0 spiro atoms. The van der Waals surface area contributed by atoms with Crippen molar-refractivity contribution in [2.45, 2.75) is 38.3 Å². The fourth-order valence-corrected chi connectivity index (χ4v) is 2.37. The van der Waals surface area contributed by atoms with Gasteiger partial charge in [0.25, 0.3) is 0 Å². The van der Waals surface area contributed by atoms with Crippen molar-refractivity contribution in [3.63, 3.8) is 0 Å². The first-order valence-corrected chi connectivity index (χ1v) is 6.63. The molecule has 2 rings (SSSR count). The topological polar surface area (TPSA) is 29.9 Å². The minimum absolute atomic E-state index is 0.639. The minimum Gasteiger partial charge on any atom is -0.306 e. The highest BCUT2D eigenvalue weighted by Crippen LogP contribution is 2.28. The average Bonchev–Trinajstić information content (AvgIpc) is 2.85. The number of aromatic nitrogens is 2. The Morgan fingerprint density at radius 2 is 2.31 bits per heavy atom. The molecule has 0 atom stereocenters. The fraction of sp³-hybridized carbons (Fsp3) is 0.583. The maximum Gasteiger partial charge on any atom is 0.0762 e. The molecule has 88 valence electrons. The van der Waals surface area contributed by atoms with Gasteiger partial charge >= 0.3 is 0 Å². The van der Waals surface area contributed by atoms with Gasteiger partial charge < -0.3 is 5.32 Å². The molecule has 1 aromatic rings. The molecular weight excluding hydrogens is 266 g/mol. The molecule has 0 radical (unpaired) electrons. The van der Waals surface area contributed by atoms with Crippen molar-refractivity contribution in [2.24, 2.45) is 0 Å². The first kappa shape index (κ1) is 11.9. The second-order valence-electron chi connectivity index (χ2n) is 4.35. The van der Waals surface area contributed by atoms with Crippen LogP contribution in [0, 0.1) is 0 Å². The van der Waals surface area contributed by atoms with E-state index in [1.54, 1.807) is 0 Å². The zero-order valence-electron chi connectivity index (χ0n) is 9.45. The van der Waals surface area contributed by atoms with Crippen LogP contribution in [0.15, 0.2) is 23.3 Å². The second kappa shape index (κ2) is 5.64. The van der Waals surface area contributed by atoms with Gasteiger partial charge in [0.15, 0.2) is 0 Å². The largest absolute Gasteiger partial charge is 0.306 e. The zero-order chi connectivity index (χ0) is 11.4. The van der Waals surface area contributed by atoms with Gasteiger partial charge in [-0.3, -0.25) is 4.68 Å². The summed E-state index contributed by atoms with van der Waals surface area (Å²) in [6.07, 6.45) is 7.37. The molecule has 1 aliphatic carbocycles. The molecule has 1 aliphatic rings. The Kier molecular flexibility index (Phi) is 4.18. The van der Waals surface area contributed by atoms with Gasteiger partial charge in [-0.25, -0.2) is 0 Å². The van der Waals surface area contributed by atoms with Crippen LogP contribution in [-0.2, 0) is 6.54 Å². The third kappa shape index (κ3) is 3.19. The summed E-state index contributed by atoms with van der Waals surface area (Å²) in [7, 11) is 0. The predicted octanol–water partition coefficient (Wildman–Crippen LogP) is 3.00. The molecule has 0 unspecified atom stereocenters. The van der Waals surface area contributed by atoms with Crippen LogP contribution in [0.4, 0.5) is 0 Å². The van der Waals surface area contributed by atoms with Crippen LogP contribution in [0.3, 0.4) is 0 Å². The Labute approximate surface area is 105 Å². The molecule has 1 N–H and O–H groups in total. The lowest BCUT2D eigenvalue weighted by molar-refractivity contribution is 0.461. The molecule has 0 amide bonds. The SMILES string of the molecule is C=C(Br)CNCc1ccn(C2CCCC2)n1. The Morgan fingerprint density at radius 1 is 1.56 bits per heavy atom. The van der Waals surface area contributed by atoms with Gasteiger partial charge in [-0.15, -0.1) is 0 Å². The van der Waals surface area contributed by atoms with Crippen LogP contribution in [-0.4, -0.2) is 16.3 Å². The third-order valence-corrected chi connectivity index (χ3v) is 3.27. The third-order valence-electron chi connectivity index (χ3n) is 2.99. The summed E-state index contributed by atoms with van der Waals surface area (Å²) >= 11 is 3.32. The van der Waals surface area contributed by atoms with E-state index >= 15 is 0 Å². The van der Waals surface area contributed by atoms with Crippen LogP contribution < -0.4 is 5.32 Å². The highest BCUT2D eigenvalue weighted by molar-refractivity contribution is 9.11. The number of rotatable bonds is 5. The summed E-state index contributed by atoms with van der Waals surface area (Å²) in [4.78, 5) is 0. The summed E-state index contributed by atoms with van der Waals surface area (Å²) in [5.41, 5.74) is 1.11. The van der Waals surface area contributed by atoms with Gasteiger partial charge in [-0.1, -0.05) is 35.4 Å². The molecule has 0 saturated heterocycles. The molecule has 3 nitrogen and oxygen atoms in total. The lowest BCUT2D eigenvalue weighted by Gasteiger charge is -2.08. The van der Waals surface area contributed by atoms with E-state index in [4.69, 9.17) is 0 Å². The standard InChI is InChI=1S/C12H18BrN3/c1-10(13)8-14-9-11-6-7-16(15-11)12-4-2-3-5-12/h6-7,12,14H,1-5,8-9H2. The summed E-state index contributed by atoms with van der Waals surface area (Å²) in [5.74, 6) is 0. The Hall–Kier alpha value is -0.610. The van der Waals surface area contributed by atoms with Crippen molar-refractivity contribution in [1.29, 1.82) is 0 Å². The van der Waals surface area contributed by atoms with Crippen LogP contribution >= 0.6 is 15.9 Å². The number of halogens is 1. The number of hydrogen-bond donors (Lipinski definition) is 1. The van der Waals surface area contributed by atoms with Crippen molar-refractivity contribution in [3.8, 4) is 0 Å². The Balaban J connectivity index is 1.84. The van der Waals surface area contributed by atoms with Gasteiger partial charge in [0, 0.05) is 23.8 Å². The predicted molar refractivity (Wildman–Crippen MR) is 69.5 cm³/mol. The van der Waals surface area contributed by atoms with E-state index in [1.807, 2.05) is 0 Å². The van der Waals surface area contributed by atoms with Gasteiger partial charge in [0.1, 0.15) is 0 Å². The molecule has 0 aromatic carbocycles. The highest BCUT2D eigenvalue weighted by Gasteiger charge is 2.17.